The number of phenols is 1. The van der Waals surface area contributed by atoms with Gasteiger partial charge >= 0.3 is 5.69 Å². The number of aryl methyl sites for hydroxylation is 1. The van der Waals surface area contributed by atoms with Crippen LogP contribution in [-0.4, -0.2) is 41.1 Å². The Morgan fingerprint density at radius 1 is 1.36 bits per heavy atom. The third kappa shape index (κ3) is 2.68. The van der Waals surface area contributed by atoms with E-state index in [1.807, 2.05) is 6.07 Å². The SMILES string of the molecule is Cc1ccc([C@H](C2CCC2)N2CCNCC2)c(O)c1[N+](=O)[O-]. The van der Waals surface area contributed by atoms with E-state index < -0.39 is 4.92 Å². The van der Waals surface area contributed by atoms with E-state index in [0.29, 0.717) is 11.5 Å². The van der Waals surface area contributed by atoms with Crippen LogP contribution in [0.15, 0.2) is 12.1 Å². The van der Waals surface area contributed by atoms with E-state index >= 15 is 0 Å². The molecule has 1 saturated heterocycles. The van der Waals surface area contributed by atoms with Gasteiger partial charge in [0, 0.05) is 43.3 Å². The van der Waals surface area contributed by atoms with Crippen LogP contribution in [-0.2, 0) is 0 Å². The Morgan fingerprint density at radius 3 is 2.59 bits per heavy atom. The number of benzene rings is 1. The third-order valence-corrected chi connectivity index (χ3v) is 5.03. The van der Waals surface area contributed by atoms with Crippen molar-refractivity contribution in [1.82, 2.24) is 10.2 Å². The highest BCUT2D eigenvalue weighted by molar-refractivity contribution is 5.57. The summed E-state index contributed by atoms with van der Waals surface area (Å²) in [6.45, 7) is 5.37. The molecule has 2 N–H and O–H groups in total. The molecule has 22 heavy (non-hydrogen) atoms. The molecule has 1 saturated carbocycles. The van der Waals surface area contributed by atoms with E-state index in [1.54, 1.807) is 13.0 Å². The number of nitrogens with one attached hydrogen (secondary N) is 1. The number of nitrogens with zero attached hydrogens (tertiary/aromatic N) is 2. The summed E-state index contributed by atoms with van der Waals surface area (Å²) in [7, 11) is 0. The molecule has 6 nitrogen and oxygen atoms in total. The monoisotopic (exact) mass is 305 g/mol. The molecule has 2 fully saturated rings. The summed E-state index contributed by atoms with van der Waals surface area (Å²) in [5, 5.41) is 25.1. The first-order valence-corrected chi connectivity index (χ1v) is 8.01. The van der Waals surface area contributed by atoms with Crippen LogP contribution >= 0.6 is 0 Å². The molecule has 2 aliphatic rings. The van der Waals surface area contributed by atoms with E-state index in [1.165, 1.54) is 6.42 Å². The summed E-state index contributed by atoms with van der Waals surface area (Å²) in [4.78, 5) is 13.2. The summed E-state index contributed by atoms with van der Waals surface area (Å²) in [6, 6.07) is 3.74. The average Bonchev–Trinajstić information content (AvgIpc) is 2.44. The molecule has 0 spiro atoms. The fourth-order valence-corrected chi connectivity index (χ4v) is 3.63. The van der Waals surface area contributed by atoms with Crippen LogP contribution in [0.2, 0.25) is 0 Å². The van der Waals surface area contributed by atoms with Crippen LogP contribution in [0.25, 0.3) is 0 Å². The number of nitro groups is 1. The molecule has 1 aliphatic carbocycles. The first-order chi connectivity index (χ1) is 10.6. The molecule has 6 heteroatoms. The number of aromatic hydroxyl groups is 1. The predicted octanol–water partition coefficient (Wildman–Crippen LogP) is 2.36. The highest BCUT2D eigenvalue weighted by Gasteiger charge is 2.37. The van der Waals surface area contributed by atoms with Gasteiger partial charge in [-0.25, -0.2) is 0 Å². The molecule has 1 aromatic rings. The molecule has 3 rings (SSSR count). The van der Waals surface area contributed by atoms with Gasteiger partial charge in [0.15, 0.2) is 5.75 Å². The van der Waals surface area contributed by atoms with Crippen LogP contribution in [0.1, 0.15) is 36.4 Å². The Kier molecular flexibility index (Phi) is 4.31. The van der Waals surface area contributed by atoms with Crippen molar-refractivity contribution >= 4 is 5.69 Å². The fourth-order valence-electron chi connectivity index (χ4n) is 3.63. The van der Waals surface area contributed by atoms with Crippen LogP contribution in [0.5, 0.6) is 5.75 Å². The molecule has 1 heterocycles. The Morgan fingerprint density at radius 2 is 2.05 bits per heavy atom. The van der Waals surface area contributed by atoms with Crippen molar-refractivity contribution < 1.29 is 10.0 Å². The van der Waals surface area contributed by atoms with E-state index in [-0.39, 0.29) is 17.5 Å². The maximum Gasteiger partial charge on any atom is 0.313 e. The number of hydrogen-bond acceptors (Lipinski definition) is 5. The van der Waals surface area contributed by atoms with Crippen molar-refractivity contribution in [2.75, 3.05) is 26.2 Å². The molecule has 0 radical (unpaired) electrons. The van der Waals surface area contributed by atoms with Gasteiger partial charge in [0.05, 0.1) is 4.92 Å². The van der Waals surface area contributed by atoms with Gasteiger partial charge in [0.2, 0.25) is 0 Å². The van der Waals surface area contributed by atoms with Crippen LogP contribution < -0.4 is 5.32 Å². The predicted molar refractivity (Wildman–Crippen MR) is 84.0 cm³/mol. The lowest BCUT2D eigenvalue weighted by atomic mass is 9.75. The molecule has 120 valence electrons. The minimum Gasteiger partial charge on any atom is -0.502 e. The van der Waals surface area contributed by atoms with Crippen molar-refractivity contribution in [2.24, 2.45) is 5.92 Å². The second-order valence-electron chi connectivity index (χ2n) is 6.35. The Labute approximate surface area is 130 Å². The van der Waals surface area contributed by atoms with Crippen LogP contribution in [0.4, 0.5) is 5.69 Å². The van der Waals surface area contributed by atoms with E-state index in [0.717, 1.165) is 44.6 Å². The molecule has 0 amide bonds. The topological polar surface area (TPSA) is 78.6 Å². The first-order valence-electron chi connectivity index (χ1n) is 8.01. The summed E-state index contributed by atoms with van der Waals surface area (Å²) < 4.78 is 0. The standard InChI is InChI=1S/C16H23N3O3/c1-11-5-6-13(16(20)14(11)19(21)22)15(12-3-2-4-12)18-9-7-17-8-10-18/h5-6,12,15,17,20H,2-4,7-10H2,1H3/t15-/m0/s1. The largest absolute Gasteiger partial charge is 0.502 e. The molecule has 1 atom stereocenters. The summed E-state index contributed by atoms with van der Waals surface area (Å²) in [6.07, 6.45) is 3.48. The van der Waals surface area contributed by atoms with E-state index in [4.69, 9.17) is 0 Å². The number of nitro benzene ring substituents is 1. The zero-order valence-electron chi connectivity index (χ0n) is 12.9. The van der Waals surface area contributed by atoms with Crippen molar-refractivity contribution in [3.8, 4) is 5.75 Å². The average molecular weight is 305 g/mol. The molecule has 1 aliphatic heterocycles. The maximum atomic E-state index is 11.3. The van der Waals surface area contributed by atoms with Gasteiger partial charge in [-0.15, -0.1) is 0 Å². The van der Waals surface area contributed by atoms with Crippen molar-refractivity contribution in [3.63, 3.8) is 0 Å². The summed E-state index contributed by atoms with van der Waals surface area (Å²) in [5.74, 6) is 0.353. The highest BCUT2D eigenvalue weighted by atomic mass is 16.6. The van der Waals surface area contributed by atoms with Crippen molar-refractivity contribution in [2.45, 2.75) is 32.2 Å². The van der Waals surface area contributed by atoms with Gasteiger partial charge in [-0.1, -0.05) is 18.6 Å². The minimum atomic E-state index is -0.468. The Bertz CT molecular complexity index is 566. The second-order valence-corrected chi connectivity index (χ2v) is 6.35. The minimum absolute atomic E-state index is 0.0927. The zero-order chi connectivity index (χ0) is 15.7. The van der Waals surface area contributed by atoms with Gasteiger partial charge in [-0.3, -0.25) is 15.0 Å². The molecular weight excluding hydrogens is 282 g/mol. The number of hydrogen-bond donors (Lipinski definition) is 2. The third-order valence-electron chi connectivity index (χ3n) is 5.03. The molecule has 0 aromatic heterocycles. The van der Waals surface area contributed by atoms with Gasteiger partial charge in [-0.05, 0) is 25.7 Å². The lowest BCUT2D eigenvalue weighted by molar-refractivity contribution is -0.386. The quantitative estimate of drug-likeness (QED) is 0.659. The number of rotatable bonds is 4. The molecule has 1 aromatic carbocycles. The van der Waals surface area contributed by atoms with Gasteiger partial charge in [-0.2, -0.15) is 0 Å². The van der Waals surface area contributed by atoms with Crippen molar-refractivity contribution in [1.29, 1.82) is 0 Å². The van der Waals surface area contributed by atoms with Crippen LogP contribution in [0.3, 0.4) is 0 Å². The smallest absolute Gasteiger partial charge is 0.313 e. The van der Waals surface area contributed by atoms with Crippen molar-refractivity contribution in [3.05, 3.63) is 33.4 Å². The van der Waals surface area contributed by atoms with Gasteiger partial charge in [0.1, 0.15) is 0 Å². The number of phenolic OH excluding ortho intramolecular Hbond substituents is 1. The maximum absolute atomic E-state index is 11.3. The summed E-state index contributed by atoms with van der Waals surface area (Å²) in [5.41, 5.74) is 1.10. The lowest BCUT2D eigenvalue weighted by Crippen LogP contribution is -2.47. The molecular formula is C16H23N3O3. The Hall–Kier alpha value is -1.66. The Balaban J connectivity index is 2.00. The highest BCUT2D eigenvalue weighted by Crippen LogP contribution is 2.46. The molecule has 0 bridgehead atoms. The summed E-state index contributed by atoms with van der Waals surface area (Å²) >= 11 is 0. The van der Waals surface area contributed by atoms with E-state index in [2.05, 4.69) is 10.2 Å². The van der Waals surface area contributed by atoms with Crippen LogP contribution in [0, 0.1) is 23.0 Å². The number of piperazine rings is 1. The second kappa shape index (κ2) is 6.22. The van der Waals surface area contributed by atoms with Gasteiger partial charge < -0.3 is 10.4 Å². The normalized spacial score (nSPS) is 21.3. The van der Waals surface area contributed by atoms with Gasteiger partial charge in [0.25, 0.3) is 0 Å². The van der Waals surface area contributed by atoms with E-state index in [9.17, 15) is 15.2 Å². The lowest BCUT2D eigenvalue weighted by Gasteiger charge is -2.43. The fraction of sp³-hybridized carbons (Fsp3) is 0.625. The first kappa shape index (κ1) is 15.2. The molecule has 0 unspecified atom stereocenters. The zero-order valence-corrected chi connectivity index (χ0v) is 12.9.